The number of ether oxygens (including phenoxy) is 1. The predicted molar refractivity (Wildman–Crippen MR) is 110 cm³/mol. The maximum absolute atomic E-state index is 12.2. The van der Waals surface area contributed by atoms with Gasteiger partial charge in [0.05, 0.1) is 12.9 Å². The van der Waals surface area contributed by atoms with Crippen LogP contribution in [-0.2, 0) is 11.2 Å². The molecule has 0 spiro atoms. The lowest BCUT2D eigenvalue weighted by Gasteiger charge is -2.07. The van der Waals surface area contributed by atoms with Crippen molar-refractivity contribution in [2.45, 2.75) is 18.5 Å². The van der Waals surface area contributed by atoms with Crippen molar-refractivity contribution in [3.05, 3.63) is 63.9 Å². The molecule has 140 valence electrons. The van der Waals surface area contributed by atoms with E-state index in [1.54, 1.807) is 7.11 Å². The molecular formula is C19H19BrN4O2S. The molecule has 1 heterocycles. The minimum atomic E-state index is -0.0908. The third-order valence-electron chi connectivity index (χ3n) is 3.84. The van der Waals surface area contributed by atoms with Crippen LogP contribution in [0.15, 0.2) is 52.1 Å². The standard InChI is InChI=1S/C19H19BrN4O2S/c1-12-9-14(20)5-8-16(12)21-18(25)11-27-19-22-17(23-24-19)10-13-3-6-15(26-2)7-4-13/h3-9H,10-11H2,1-2H3,(H,21,25)(H,22,23,24). The Kier molecular flexibility index (Phi) is 6.52. The number of aromatic amines is 1. The molecule has 2 N–H and O–H groups in total. The highest BCUT2D eigenvalue weighted by Crippen LogP contribution is 2.21. The average Bonchev–Trinajstić information content (AvgIpc) is 3.10. The number of nitrogens with zero attached hydrogens (tertiary/aromatic N) is 2. The van der Waals surface area contributed by atoms with Crippen LogP contribution in [0.25, 0.3) is 0 Å². The zero-order valence-corrected chi connectivity index (χ0v) is 17.4. The molecule has 1 amide bonds. The van der Waals surface area contributed by atoms with Gasteiger partial charge in [-0.2, -0.15) is 0 Å². The number of H-pyrrole nitrogens is 1. The number of hydrogen-bond donors (Lipinski definition) is 2. The van der Waals surface area contributed by atoms with Crippen LogP contribution in [0.5, 0.6) is 5.75 Å². The maximum Gasteiger partial charge on any atom is 0.234 e. The molecule has 0 aliphatic carbocycles. The van der Waals surface area contributed by atoms with Crippen LogP contribution in [-0.4, -0.2) is 34.0 Å². The molecule has 0 bridgehead atoms. The van der Waals surface area contributed by atoms with Crippen molar-refractivity contribution >= 4 is 39.3 Å². The quantitative estimate of drug-likeness (QED) is 0.531. The number of nitrogens with one attached hydrogen (secondary N) is 2. The van der Waals surface area contributed by atoms with Crippen LogP contribution in [0.2, 0.25) is 0 Å². The SMILES string of the molecule is COc1ccc(Cc2nc(SCC(=O)Nc3ccc(Br)cc3C)n[nH]2)cc1. The van der Waals surface area contributed by atoms with E-state index in [1.165, 1.54) is 11.8 Å². The molecule has 0 fully saturated rings. The smallest absolute Gasteiger partial charge is 0.234 e. The molecule has 3 aromatic rings. The van der Waals surface area contributed by atoms with E-state index in [4.69, 9.17) is 4.74 Å². The van der Waals surface area contributed by atoms with Gasteiger partial charge in [0.2, 0.25) is 11.1 Å². The Labute approximate surface area is 170 Å². The van der Waals surface area contributed by atoms with Crippen LogP contribution in [0, 0.1) is 6.92 Å². The number of aryl methyl sites for hydroxylation is 1. The normalized spacial score (nSPS) is 10.6. The number of thioether (sulfide) groups is 1. The number of rotatable bonds is 7. The molecule has 0 aliphatic rings. The molecule has 0 unspecified atom stereocenters. The van der Waals surface area contributed by atoms with Crippen molar-refractivity contribution in [2.75, 3.05) is 18.2 Å². The number of amides is 1. The van der Waals surface area contributed by atoms with Crippen LogP contribution in [0.1, 0.15) is 17.0 Å². The highest BCUT2D eigenvalue weighted by Gasteiger charge is 2.10. The van der Waals surface area contributed by atoms with Crippen LogP contribution >= 0.6 is 27.7 Å². The summed E-state index contributed by atoms with van der Waals surface area (Å²) in [7, 11) is 1.64. The Bertz CT molecular complexity index is 928. The van der Waals surface area contributed by atoms with E-state index in [9.17, 15) is 4.79 Å². The lowest BCUT2D eigenvalue weighted by atomic mass is 10.1. The topological polar surface area (TPSA) is 79.9 Å². The second-order valence-electron chi connectivity index (χ2n) is 5.89. The molecule has 0 saturated carbocycles. The Balaban J connectivity index is 1.52. The van der Waals surface area contributed by atoms with Gasteiger partial charge in [-0.1, -0.05) is 39.8 Å². The first-order valence-corrected chi connectivity index (χ1v) is 10.0. The summed E-state index contributed by atoms with van der Waals surface area (Å²) in [6, 6.07) is 13.5. The predicted octanol–water partition coefficient (Wildman–Crippen LogP) is 4.21. The van der Waals surface area contributed by atoms with Gasteiger partial charge in [0, 0.05) is 16.6 Å². The van der Waals surface area contributed by atoms with E-state index in [1.807, 2.05) is 49.4 Å². The fourth-order valence-corrected chi connectivity index (χ4v) is 3.53. The molecule has 27 heavy (non-hydrogen) atoms. The highest BCUT2D eigenvalue weighted by molar-refractivity contribution is 9.10. The van der Waals surface area contributed by atoms with Crippen LogP contribution < -0.4 is 10.1 Å². The molecule has 3 rings (SSSR count). The summed E-state index contributed by atoms with van der Waals surface area (Å²) >= 11 is 4.71. The van der Waals surface area contributed by atoms with Crippen molar-refractivity contribution in [1.29, 1.82) is 0 Å². The third kappa shape index (κ3) is 5.58. The molecule has 8 heteroatoms. The molecule has 0 aliphatic heterocycles. The van der Waals surface area contributed by atoms with E-state index in [0.717, 1.165) is 32.9 Å². The van der Waals surface area contributed by atoms with E-state index in [2.05, 4.69) is 36.4 Å². The zero-order chi connectivity index (χ0) is 19.2. The number of halogens is 1. The fourth-order valence-electron chi connectivity index (χ4n) is 2.44. The first-order chi connectivity index (χ1) is 13.0. The Morgan fingerprint density at radius 2 is 2.04 bits per heavy atom. The van der Waals surface area contributed by atoms with Crippen LogP contribution in [0.3, 0.4) is 0 Å². The van der Waals surface area contributed by atoms with Gasteiger partial charge in [0.15, 0.2) is 0 Å². The highest BCUT2D eigenvalue weighted by atomic mass is 79.9. The Hall–Kier alpha value is -2.32. The summed E-state index contributed by atoms with van der Waals surface area (Å²) in [6.07, 6.45) is 0.641. The first kappa shape index (κ1) is 19.4. The largest absolute Gasteiger partial charge is 0.497 e. The van der Waals surface area contributed by atoms with Crippen molar-refractivity contribution in [3.8, 4) is 5.75 Å². The van der Waals surface area contributed by atoms with Gasteiger partial charge in [-0.05, 0) is 48.4 Å². The average molecular weight is 447 g/mol. The summed E-state index contributed by atoms with van der Waals surface area (Å²) in [4.78, 5) is 16.6. The van der Waals surface area contributed by atoms with E-state index in [0.29, 0.717) is 11.6 Å². The van der Waals surface area contributed by atoms with Gasteiger partial charge >= 0.3 is 0 Å². The lowest BCUT2D eigenvalue weighted by Crippen LogP contribution is -2.14. The van der Waals surface area contributed by atoms with Gasteiger partial charge in [-0.3, -0.25) is 9.89 Å². The number of methoxy groups -OCH3 is 1. The lowest BCUT2D eigenvalue weighted by molar-refractivity contribution is -0.113. The number of aromatic nitrogens is 3. The third-order valence-corrected chi connectivity index (χ3v) is 5.18. The van der Waals surface area contributed by atoms with Crippen molar-refractivity contribution < 1.29 is 9.53 Å². The minimum Gasteiger partial charge on any atom is -0.497 e. The fraction of sp³-hybridized carbons (Fsp3) is 0.211. The summed E-state index contributed by atoms with van der Waals surface area (Å²) < 4.78 is 6.14. The molecule has 1 aromatic heterocycles. The second-order valence-corrected chi connectivity index (χ2v) is 7.74. The molecule has 2 aromatic carbocycles. The number of carbonyl (C=O) groups is 1. The summed E-state index contributed by atoms with van der Waals surface area (Å²) in [5, 5.41) is 10.6. The number of benzene rings is 2. The number of anilines is 1. The Morgan fingerprint density at radius 3 is 2.74 bits per heavy atom. The molecular weight excluding hydrogens is 428 g/mol. The monoisotopic (exact) mass is 446 g/mol. The summed E-state index contributed by atoms with van der Waals surface area (Å²) in [5.74, 6) is 1.73. The summed E-state index contributed by atoms with van der Waals surface area (Å²) in [5.41, 5.74) is 2.91. The molecule has 6 nitrogen and oxygen atoms in total. The van der Waals surface area contributed by atoms with Gasteiger partial charge in [-0.15, -0.1) is 5.10 Å². The van der Waals surface area contributed by atoms with Crippen molar-refractivity contribution in [1.82, 2.24) is 15.2 Å². The molecule has 0 saturated heterocycles. The molecule has 0 atom stereocenters. The first-order valence-electron chi connectivity index (χ1n) is 8.26. The van der Waals surface area contributed by atoms with Crippen molar-refractivity contribution in [3.63, 3.8) is 0 Å². The maximum atomic E-state index is 12.2. The van der Waals surface area contributed by atoms with Crippen molar-refractivity contribution in [2.24, 2.45) is 0 Å². The van der Waals surface area contributed by atoms with E-state index < -0.39 is 0 Å². The summed E-state index contributed by atoms with van der Waals surface area (Å²) in [6.45, 7) is 1.95. The second kappa shape index (κ2) is 9.05. The van der Waals surface area contributed by atoms with Gasteiger partial charge in [0.25, 0.3) is 0 Å². The molecule has 0 radical (unpaired) electrons. The minimum absolute atomic E-state index is 0.0908. The zero-order valence-electron chi connectivity index (χ0n) is 15.0. The van der Waals surface area contributed by atoms with Gasteiger partial charge in [0.1, 0.15) is 11.6 Å². The van der Waals surface area contributed by atoms with Gasteiger partial charge < -0.3 is 10.1 Å². The van der Waals surface area contributed by atoms with Crippen LogP contribution in [0.4, 0.5) is 5.69 Å². The van der Waals surface area contributed by atoms with Gasteiger partial charge in [-0.25, -0.2) is 4.98 Å². The Morgan fingerprint density at radius 1 is 1.26 bits per heavy atom. The van der Waals surface area contributed by atoms with E-state index >= 15 is 0 Å². The van der Waals surface area contributed by atoms with E-state index in [-0.39, 0.29) is 11.7 Å². The number of carbonyl (C=O) groups excluding carboxylic acids is 1. The number of hydrogen-bond acceptors (Lipinski definition) is 5.